The Morgan fingerprint density at radius 1 is 0.426 bits per heavy atom. The third-order valence-electron chi connectivity index (χ3n) is 15.7. The molecule has 1 nitrogen and oxygen atoms in total. The van der Waals surface area contributed by atoms with Gasteiger partial charge in [-0.25, -0.2) is 0 Å². The van der Waals surface area contributed by atoms with E-state index in [-0.39, 0.29) is 10.8 Å². The van der Waals surface area contributed by atoms with Crippen LogP contribution in [0.15, 0.2) is 133 Å². The van der Waals surface area contributed by atoms with Gasteiger partial charge >= 0.3 is 0 Å². The van der Waals surface area contributed by atoms with Crippen LogP contribution in [0.4, 0.5) is 17.1 Å². The molecule has 61 heavy (non-hydrogen) atoms. The number of nitrogens with zero attached hydrogens (tertiary/aromatic N) is 1. The van der Waals surface area contributed by atoms with Gasteiger partial charge in [0.05, 0.1) is 0 Å². The van der Waals surface area contributed by atoms with Crippen molar-refractivity contribution in [1.82, 2.24) is 0 Å². The molecule has 0 heterocycles. The highest BCUT2D eigenvalue weighted by Gasteiger charge is 2.41. The first-order valence-electron chi connectivity index (χ1n) is 24.2. The van der Waals surface area contributed by atoms with Crippen LogP contribution in [0.5, 0.6) is 0 Å². The fourth-order valence-corrected chi connectivity index (χ4v) is 12.0. The van der Waals surface area contributed by atoms with Crippen molar-refractivity contribution in [3.8, 4) is 22.3 Å². The Bertz CT molecular complexity index is 2410. The summed E-state index contributed by atoms with van der Waals surface area (Å²) in [7, 11) is 0. The van der Waals surface area contributed by atoms with Gasteiger partial charge in [-0.3, -0.25) is 0 Å². The van der Waals surface area contributed by atoms with Gasteiger partial charge in [-0.1, -0.05) is 176 Å². The van der Waals surface area contributed by atoms with Gasteiger partial charge in [0.25, 0.3) is 0 Å². The molecule has 10 rings (SSSR count). The molecule has 0 N–H and O–H groups in total. The lowest BCUT2D eigenvalue weighted by atomic mass is 9.73. The van der Waals surface area contributed by atoms with Crippen molar-refractivity contribution in [3.05, 3.63) is 172 Å². The Balaban J connectivity index is 1.06. The molecule has 0 radical (unpaired) electrons. The summed E-state index contributed by atoms with van der Waals surface area (Å²) in [5.74, 6) is 2.09. The van der Waals surface area contributed by atoms with Crippen LogP contribution in [0.25, 0.3) is 22.3 Å². The molecule has 0 aromatic heterocycles. The molecule has 0 spiro atoms. The predicted molar refractivity (Wildman–Crippen MR) is 260 cm³/mol. The van der Waals surface area contributed by atoms with Crippen LogP contribution in [0, 0.1) is 0 Å². The van der Waals surface area contributed by atoms with E-state index in [1.54, 1.807) is 11.1 Å². The SMILES string of the molecule is CC(C)(C)c1ccc(C2(C)c3ccccc3-c3ccc(N(c4ccc(-c5cc(C6CCCCC6)cc(C6CCCCC6)c5)cc4)c4ccc(C5CCCCC5)cc4)cc32)cc1. The maximum absolute atomic E-state index is 2.63. The number of fused-ring (bicyclic) bond motifs is 3. The Morgan fingerprint density at radius 3 is 1.48 bits per heavy atom. The second-order valence-corrected chi connectivity index (χ2v) is 20.6. The Kier molecular flexibility index (Phi) is 11.1. The first kappa shape index (κ1) is 40.2. The highest BCUT2D eigenvalue weighted by Crippen LogP contribution is 2.54. The van der Waals surface area contributed by atoms with E-state index in [9.17, 15) is 0 Å². The van der Waals surface area contributed by atoms with Crippen LogP contribution in [-0.4, -0.2) is 0 Å². The first-order valence-corrected chi connectivity index (χ1v) is 24.2. The maximum atomic E-state index is 2.63. The molecule has 4 aliphatic carbocycles. The highest BCUT2D eigenvalue weighted by molar-refractivity contribution is 5.87. The molecule has 1 unspecified atom stereocenters. The van der Waals surface area contributed by atoms with Gasteiger partial charge in [0, 0.05) is 22.5 Å². The molecular formula is C60H67N. The number of rotatable bonds is 8. The summed E-state index contributed by atoms with van der Waals surface area (Å²) >= 11 is 0. The minimum absolute atomic E-state index is 0.108. The zero-order valence-electron chi connectivity index (χ0n) is 37.5. The summed E-state index contributed by atoms with van der Waals surface area (Å²) < 4.78 is 0. The van der Waals surface area contributed by atoms with Gasteiger partial charge in [-0.2, -0.15) is 0 Å². The second-order valence-electron chi connectivity index (χ2n) is 20.6. The van der Waals surface area contributed by atoms with Crippen LogP contribution >= 0.6 is 0 Å². The van der Waals surface area contributed by atoms with Crippen molar-refractivity contribution < 1.29 is 0 Å². The Hall–Kier alpha value is -4.88. The average Bonchev–Trinajstić information content (AvgIpc) is 3.58. The molecule has 312 valence electrons. The van der Waals surface area contributed by atoms with E-state index in [0.717, 1.165) is 0 Å². The molecule has 3 saturated carbocycles. The van der Waals surface area contributed by atoms with Crippen LogP contribution < -0.4 is 4.90 Å². The van der Waals surface area contributed by atoms with Gasteiger partial charge in [0.2, 0.25) is 0 Å². The number of anilines is 3. The molecule has 0 aliphatic heterocycles. The highest BCUT2D eigenvalue weighted by atomic mass is 15.1. The summed E-state index contributed by atoms with van der Waals surface area (Å²) in [6.07, 6.45) is 20.4. The summed E-state index contributed by atoms with van der Waals surface area (Å²) in [6, 6.07) is 52.9. The zero-order valence-corrected chi connectivity index (χ0v) is 37.5. The largest absolute Gasteiger partial charge is 0.310 e. The Labute approximate surface area is 367 Å². The van der Waals surface area contributed by atoms with E-state index in [1.165, 1.54) is 163 Å². The predicted octanol–water partition coefficient (Wildman–Crippen LogP) is 17.6. The lowest BCUT2D eigenvalue weighted by Gasteiger charge is -2.31. The van der Waals surface area contributed by atoms with Gasteiger partial charge in [0.15, 0.2) is 0 Å². The van der Waals surface area contributed by atoms with Crippen LogP contribution in [-0.2, 0) is 10.8 Å². The van der Waals surface area contributed by atoms with Crippen molar-refractivity contribution >= 4 is 17.1 Å². The van der Waals surface area contributed by atoms with Crippen molar-refractivity contribution in [2.75, 3.05) is 4.90 Å². The van der Waals surface area contributed by atoms with Crippen molar-refractivity contribution in [3.63, 3.8) is 0 Å². The summed E-state index contributed by atoms with van der Waals surface area (Å²) in [4.78, 5) is 2.52. The van der Waals surface area contributed by atoms with Crippen molar-refractivity contribution in [2.45, 2.75) is 153 Å². The fraction of sp³-hybridized carbons (Fsp3) is 0.400. The van der Waals surface area contributed by atoms with Gasteiger partial charge in [0.1, 0.15) is 0 Å². The van der Waals surface area contributed by atoms with E-state index in [4.69, 9.17) is 0 Å². The summed E-state index contributed by atoms with van der Waals surface area (Å²) in [5, 5.41) is 0. The van der Waals surface area contributed by atoms with Crippen LogP contribution in [0.1, 0.15) is 181 Å². The minimum Gasteiger partial charge on any atom is -0.310 e. The van der Waals surface area contributed by atoms with E-state index in [1.807, 2.05) is 0 Å². The second kappa shape index (κ2) is 16.8. The molecule has 6 aromatic rings. The molecule has 0 saturated heterocycles. The third-order valence-corrected chi connectivity index (χ3v) is 15.7. The van der Waals surface area contributed by atoms with Gasteiger partial charge < -0.3 is 4.90 Å². The molecule has 1 heteroatoms. The van der Waals surface area contributed by atoms with E-state index in [2.05, 4.69) is 166 Å². The van der Waals surface area contributed by atoms with E-state index >= 15 is 0 Å². The van der Waals surface area contributed by atoms with Crippen molar-refractivity contribution in [2.24, 2.45) is 0 Å². The minimum atomic E-state index is -0.280. The van der Waals surface area contributed by atoms with Gasteiger partial charge in [-0.15, -0.1) is 0 Å². The smallest absolute Gasteiger partial charge is 0.0465 e. The monoisotopic (exact) mass is 802 g/mol. The molecule has 1 atom stereocenters. The molecule has 6 aromatic carbocycles. The Morgan fingerprint density at radius 2 is 0.918 bits per heavy atom. The van der Waals surface area contributed by atoms with Crippen molar-refractivity contribution in [1.29, 1.82) is 0 Å². The van der Waals surface area contributed by atoms with Crippen LogP contribution in [0.3, 0.4) is 0 Å². The van der Waals surface area contributed by atoms with E-state index in [0.29, 0.717) is 17.8 Å². The lowest BCUT2D eigenvalue weighted by Crippen LogP contribution is -2.23. The number of benzene rings is 6. The summed E-state index contributed by atoms with van der Waals surface area (Å²) in [5.41, 5.74) is 19.1. The standard InChI is InChI=1S/C60H67N/c1-59(2,3)50-28-30-51(31-29-50)60(4)57-23-15-14-22-55(57)56-37-36-54(41-58(56)60)61(52-32-24-45(25-33-52)42-16-8-5-9-17-42)53-34-26-46(27-35-53)49-39-47(43-18-10-6-11-19-43)38-48(40-49)44-20-12-7-13-21-44/h14-15,22-44H,5-13,16-21H2,1-4H3. The maximum Gasteiger partial charge on any atom is 0.0465 e. The average molecular weight is 802 g/mol. The molecule has 0 bridgehead atoms. The fourth-order valence-electron chi connectivity index (χ4n) is 12.0. The molecule has 4 aliphatic rings. The van der Waals surface area contributed by atoms with Crippen LogP contribution in [0.2, 0.25) is 0 Å². The molecule has 0 amide bonds. The normalized spacial score (nSPS) is 20.0. The lowest BCUT2D eigenvalue weighted by molar-refractivity contribution is 0.435. The molecular weight excluding hydrogens is 735 g/mol. The van der Waals surface area contributed by atoms with E-state index < -0.39 is 0 Å². The quantitative estimate of drug-likeness (QED) is 0.148. The zero-order chi connectivity index (χ0) is 41.6. The molecule has 3 fully saturated rings. The summed E-state index contributed by atoms with van der Waals surface area (Å²) in [6.45, 7) is 9.38. The number of hydrogen-bond acceptors (Lipinski definition) is 1. The third kappa shape index (κ3) is 7.81. The van der Waals surface area contributed by atoms with Gasteiger partial charge in [-0.05, 0) is 166 Å². The number of hydrogen-bond donors (Lipinski definition) is 0. The topological polar surface area (TPSA) is 3.24 Å². The first-order chi connectivity index (χ1) is 29.7.